The summed E-state index contributed by atoms with van der Waals surface area (Å²) in [4.78, 5) is 13.0. The van der Waals surface area contributed by atoms with Gasteiger partial charge in [-0.05, 0) is 31.4 Å². The Bertz CT molecular complexity index is 403. The highest BCUT2D eigenvalue weighted by Crippen LogP contribution is 2.21. The molecule has 1 aliphatic rings. The molecule has 2 heterocycles. The molecule has 1 fully saturated rings. The molecule has 0 aliphatic carbocycles. The van der Waals surface area contributed by atoms with Gasteiger partial charge in [-0.1, -0.05) is 0 Å². The zero-order valence-corrected chi connectivity index (χ0v) is 10.9. The number of carboxylic acids is 1. The Hall–Kier alpha value is -1.36. The van der Waals surface area contributed by atoms with E-state index in [-0.39, 0.29) is 0 Å². The first-order valence-electron chi connectivity index (χ1n) is 6.56. The zero-order valence-electron chi connectivity index (χ0n) is 10.9. The quantitative estimate of drug-likeness (QED) is 0.824. The van der Waals surface area contributed by atoms with Gasteiger partial charge in [-0.3, -0.25) is 9.48 Å². The van der Waals surface area contributed by atoms with Crippen LogP contribution in [0.3, 0.4) is 0 Å². The normalized spacial score (nSPS) is 20.4. The van der Waals surface area contributed by atoms with Gasteiger partial charge in [0.05, 0.1) is 0 Å². The Morgan fingerprint density at radius 3 is 3.11 bits per heavy atom. The van der Waals surface area contributed by atoms with Gasteiger partial charge in [0, 0.05) is 44.9 Å². The fourth-order valence-corrected chi connectivity index (χ4v) is 2.60. The number of hydrogen-bond acceptors (Lipinski definition) is 3. The molecule has 0 amide bonds. The molecule has 1 unspecified atom stereocenters. The van der Waals surface area contributed by atoms with Crippen molar-refractivity contribution in [2.45, 2.75) is 25.7 Å². The molecule has 0 radical (unpaired) electrons. The number of aryl methyl sites for hydroxylation is 1. The number of aliphatic carboxylic acids is 1. The van der Waals surface area contributed by atoms with Crippen LogP contribution in [-0.4, -0.2) is 45.4 Å². The highest BCUT2D eigenvalue weighted by atomic mass is 16.4. The van der Waals surface area contributed by atoms with E-state index in [9.17, 15) is 4.79 Å². The molecule has 0 saturated carbocycles. The standard InChI is InChI=1S/C13H21N3O2/c1-15-12(4-7-14-15)6-9-16-8-5-11(10-16)2-3-13(17)18/h4,7,11H,2-3,5-6,8-10H2,1H3,(H,17,18). The van der Waals surface area contributed by atoms with E-state index in [1.165, 1.54) is 5.69 Å². The SMILES string of the molecule is Cn1nccc1CCN1CCC(CCC(=O)O)C1. The van der Waals surface area contributed by atoms with Crippen molar-refractivity contribution in [1.29, 1.82) is 0 Å². The summed E-state index contributed by atoms with van der Waals surface area (Å²) in [7, 11) is 1.97. The van der Waals surface area contributed by atoms with Crippen molar-refractivity contribution < 1.29 is 9.90 Å². The van der Waals surface area contributed by atoms with Crippen LogP contribution in [0.2, 0.25) is 0 Å². The molecule has 1 aromatic heterocycles. The maximum Gasteiger partial charge on any atom is 0.303 e. The van der Waals surface area contributed by atoms with Gasteiger partial charge >= 0.3 is 5.97 Å². The number of nitrogens with zero attached hydrogens (tertiary/aromatic N) is 3. The molecule has 18 heavy (non-hydrogen) atoms. The molecule has 1 aromatic rings. The van der Waals surface area contributed by atoms with E-state index in [0.717, 1.165) is 38.9 Å². The van der Waals surface area contributed by atoms with E-state index >= 15 is 0 Å². The lowest BCUT2D eigenvalue weighted by molar-refractivity contribution is -0.137. The lowest BCUT2D eigenvalue weighted by Crippen LogP contribution is -2.24. The smallest absolute Gasteiger partial charge is 0.303 e. The van der Waals surface area contributed by atoms with Crippen molar-refractivity contribution in [3.05, 3.63) is 18.0 Å². The van der Waals surface area contributed by atoms with Crippen molar-refractivity contribution >= 4 is 5.97 Å². The van der Waals surface area contributed by atoms with Crippen LogP contribution < -0.4 is 0 Å². The Labute approximate surface area is 107 Å². The molecule has 0 spiro atoms. The average molecular weight is 251 g/mol. The van der Waals surface area contributed by atoms with Crippen molar-refractivity contribution in [3.8, 4) is 0 Å². The predicted octanol–water partition coefficient (Wildman–Crippen LogP) is 1.15. The molecule has 0 aromatic carbocycles. The van der Waals surface area contributed by atoms with Gasteiger partial charge in [0.25, 0.3) is 0 Å². The lowest BCUT2D eigenvalue weighted by atomic mass is 10.0. The summed E-state index contributed by atoms with van der Waals surface area (Å²) in [6, 6.07) is 2.05. The monoisotopic (exact) mass is 251 g/mol. The van der Waals surface area contributed by atoms with Gasteiger partial charge in [-0.2, -0.15) is 5.10 Å². The van der Waals surface area contributed by atoms with Gasteiger partial charge in [0.15, 0.2) is 0 Å². The molecule has 100 valence electrons. The number of hydrogen-bond donors (Lipinski definition) is 1. The third-order valence-corrected chi connectivity index (χ3v) is 3.74. The van der Waals surface area contributed by atoms with E-state index in [2.05, 4.69) is 16.1 Å². The fraction of sp³-hybridized carbons (Fsp3) is 0.692. The first-order valence-corrected chi connectivity index (χ1v) is 6.56. The maximum absolute atomic E-state index is 10.5. The number of rotatable bonds is 6. The summed E-state index contributed by atoms with van der Waals surface area (Å²) < 4.78 is 1.91. The Morgan fingerprint density at radius 2 is 2.44 bits per heavy atom. The maximum atomic E-state index is 10.5. The van der Waals surface area contributed by atoms with Crippen molar-refractivity contribution in [3.63, 3.8) is 0 Å². The summed E-state index contributed by atoms with van der Waals surface area (Å²) in [5, 5.41) is 12.8. The largest absolute Gasteiger partial charge is 0.481 e. The van der Waals surface area contributed by atoms with E-state index in [4.69, 9.17) is 5.11 Å². The zero-order chi connectivity index (χ0) is 13.0. The molecule has 0 bridgehead atoms. The summed E-state index contributed by atoms with van der Waals surface area (Å²) in [6.45, 7) is 3.19. The second-order valence-corrected chi connectivity index (χ2v) is 5.08. The van der Waals surface area contributed by atoms with Crippen LogP contribution in [0.25, 0.3) is 0 Å². The summed E-state index contributed by atoms with van der Waals surface area (Å²) in [5.74, 6) is -0.115. The van der Waals surface area contributed by atoms with Crippen molar-refractivity contribution in [2.75, 3.05) is 19.6 Å². The second-order valence-electron chi connectivity index (χ2n) is 5.08. The molecule has 1 aliphatic heterocycles. The molecule has 2 rings (SSSR count). The highest BCUT2D eigenvalue weighted by Gasteiger charge is 2.22. The van der Waals surface area contributed by atoms with Crippen LogP contribution >= 0.6 is 0 Å². The van der Waals surface area contributed by atoms with E-state index in [0.29, 0.717) is 12.3 Å². The summed E-state index contributed by atoms with van der Waals surface area (Å²) in [5.41, 5.74) is 1.25. The van der Waals surface area contributed by atoms with Crippen LogP contribution in [0.1, 0.15) is 25.0 Å². The minimum atomic E-state index is -0.677. The average Bonchev–Trinajstić information content (AvgIpc) is 2.93. The first kappa shape index (κ1) is 13.1. The number of aromatic nitrogens is 2. The molecule has 5 nitrogen and oxygen atoms in total. The lowest BCUT2D eigenvalue weighted by Gasteiger charge is -2.15. The predicted molar refractivity (Wildman–Crippen MR) is 68.3 cm³/mol. The van der Waals surface area contributed by atoms with Gasteiger partial charge in [-0.25, -0.2) is 0 Å². The van der Waals surface area contributed by atoms with Gasteiger partial charge in [0.2, 0.25) is 0 Å². The summed E-state index contributed by atoms with van der Waals surface area (Å²) in [6.07, 6.45) is 5.10. The van der Waals surface area contributed by atoms with Crippen molar-refractivity contribution in [2.24, 2.45) is 13.0 Å². The van der Waals surface area contributed by atoms with Crippen LogP contribution in [-0.2, 0) is 18.3 Å². The topological polar surface area (TPSA) is 58.4 Å². The van der Waals surface area contributed by atoms with Crippen LogP contribution in [0.15, 0.2) is 12.3 Å². The molecule has 1 N–H and O–H groups in total. The number of carbonyl (C=O) groups is 1. The fourth-order valence-electron chi connectivity index (χ4n) is 2.60. The molecule has 1 saturated heterocycles. The highest BCUT2D eigenvalue weighted by molar-refractivity contribution is 5.66. The molecular formula is C13H21N3O2. The first-order chi connectivity index (χ1) is 8.65. The van der Waals surface area contributed by atoms with Crippen LogP contribution in [0, 0.1) is 5.92 Å². The van der Waals surface area contributed by atoms with E-state index in [1.807, 2.05) is 17.9 Å². The Morgan fingerprint density at radius 1 is 1.61 bits per heavy atom. The van der Waals surface area contributed by atoms with Gasteiger partial charge < -0.3 is 10.0 Å². The molecule has 5 heteroatoms. The van der Waals surface area contributed by atoms with E-state index in [1.54, 1.807) is 0 Å². The van der Waals surface area contributed by atoms with Crippen LogP contribution in [0.4, 0.5) is 0 Å². The third kappa shape index (κ3) is 3.57. The number of likely N-dealkylation sites (tertiary alicyclic amines) is 1. The molecule has 1 atom stereocenters. The second kappa shape index (κ2) is 6.00. The third-order valence-electron chi connectivity index (χ3n) is 3.74. The minimum absolute atomic E-state index is 0.306. The van der Waals surface area contributed by atoms with Gasteiger partial charge in [-0.15, -0.1) is 0 Å². The summed E-state index contributed by atoms with van der Waals surface area (Å²) >= 11 is 0. The number of carboxylic acid groups (broad SMARTS) is 1. The van der Waals surface area contributed by atoms with Gasteiger partial charge in [0.1, 0.15) is 0 Å². The molecular weight excluding hydrogens is 230 g/mol. The van der Waals surface area contributed by atoms with Crippen LogP contribution in [0.5, 0.6) is 0 Å². The van der Waals surface area contributed by atoms with E-state index < -0.39 is 5.97 Å². The Balaban J connectivity index is 1.70. The minimum Gasteiger partial charge on any atom is -0.481 e. The Kier molecular flexibility index (Phi) is 4.36. The van der Waals surface area contributed by atoms with Crippen molar-refractivity contribution in [1.82, 2.24) is 14.7 Å².